The maximum Gasteiger partial charge on any atom is 0.414 e. The molecule has 8 nitrogen and oxygen atoms in total. The van der Waals surface area contributed by atoms with Crippen molar-refractivity contribution in [3.63, 3.8) is 0 Å². The average Bonchev–Trinajstić information content (AvgIpc) is 2.95. The minimum absolute atomic E-state index is 0.151. The van der Waals surface area contributed by atoms with Crippen LogP contribution in [-0.2, 0) is 33.7 Å². The number of anilines is 1. The van der Waals surface area contributed by atoms with Crippen LogP contribution in [0.1, 0.15) is 69.2 Å². The van der Waals surface area contributed by atoms with Gasteiger partial charge in [0, 0.05) is 25.9 Å². The molecule has 43 heavy (non-hydrogen) atoms. The van der Waals surface area contributed by atoms with Crippen molar-refractivity contribution in [1.82, 2.24) is 9.88 Å². The molecule has 0 bridgehead atoms. The zero-order valence-electron chi connectivity index (χ0n) is 26.0. The van der Waals surface area contributed by atoms with Crippen LogP contribution in [0.2, 0.25) is 0 Å². The van der Waals surface area contributed by atoms with E-state index in [2.05, 4.69) is 36.2 Å². The van der Waals surface area contributed by atoms with E-state index < -0.39 is 11.7 Å². The molecule has 1 aliphatic rings. The molecule has 0 radical (unpaired) electrons. The molecule has 2 amide bonds. The van der Waals surface area contributed by atoms with E-state index in [4.69, 9.17) is 14.2 Å². The number of hydrogen-bond donors (Lipinski definition) is 0. The number of unbranched alkanes of at least 4 members (excludes halogenated alkanes) is 1. The number of ether oxygens (including phenoxy) is 3. The third kappa shape index (κ3) is 10.1. The maximum atomic E-state index is 13.5. The predicted molar refractivity (Wildman–Crippen MR) is 168 cm³/mol. The fourth-order valence-electron chi connectivity index (χ4n) is 4.87. The van der Waals surface area contributed by atoms with Gasteiger partial charge in [0.05, 0.1) is 24.5 Å². The average molecular weight is 588 g/mol. The van der Waals surface area contributed by atoms with Crippen LogP contribution >= 0.6 is 0 Å². The van der Waals surface area contributed by atoms with Gasteiger partial charge in [0.15, 0.2) is 0 Å². The molecule has 4 rings (SSSR count). The number of carbonyl (C=O) groups is 2. The lowest BCUT2D eigenvalue weighted by atomic mass is 10.0. The lowest BCUT2D eigenvalue weighted by molar-refractivity contribution is -0.00392. The molecule has 0 unspecified atom stereocenters. The Bertz CT molecular complexity index is 1320. The van der Waals surface area contributed by atoms with Crippen LogP contribution in [0.3, 0.4) is 0 Å². The van der Waals surface area contributed by atoms with Crippen LogP contribution in [0, 0.1) is 0 Å². The molecule has 230 valence electrons. The number of aromatic nitrogens is 1. The van der Waals surface area contributed by atoms with E-state index in [1.807, 2.05) is 63.4 Å². The van der Waals surface area contributed by atoms with Gasteiger partial charge in [-0.25, -0.2) is 9.59 Å². The first-order chi connectivity index (χ1) is 20.7. The van der Waals surface area contributed by atoms with Gasteiger partial charge in [-0.05, 0) is 74.8 Å². The first-order valence-electron chi connectivity index (χ1n) is 15.3. The van der Waals surface area contributed by atoms with Crippen molar-refractivity contribution in [2.75, 3.05) is 31.2 Å². The summed E-state index contributed by atoms with van der Waals surface area (Å²) >= 11 is 0. The molecule has 1 atom stereocenters. The van der Waals surface area contributed by atoms with Crippen LogP contribution in [0.15, 0.2) is 73.1 Å². The second-order valence-corrected chi connectivity index (χ2v) is 12.0. The summed E-state index contributed by atoms with van der Waals surface area (Å²) in [5.74, 6) is 0. The van der Waals surface area contributed by atoms with Crippen molar-refractivity contribution in [2.45, 2.75) is 78.0 Å². The SMILES string of the molecule is CCCCOCCc1cccc(Cc2cncc(N(C[C@@H]3CCN3C(=O)OC(C)(C)C)C(=O)OCc3ccccc3)c2)c1. The second kappa shape index (κ2) is 15.5. The predicted octanol–water partition coefficient (Wildman–Crippen LogP) is 7.18. The van der Waals surface area contributed by atoms with Crippen LogP contribution in [-0.4, -0.2) is 60.0 Å². The summed E-state index contributed by atoms with van der Waals surface area (Å²) in [6, 6.07) is 19.9. The normalized spacial score (nSPS) is 14.6. The number of pyridine rings is 1. The Hall–Kier alpha value is -3.91. The highest BCUT2D eigenvalue weighted by Crippen LogP contribution is 2.26. The van der Waals surface area contributed by atoms with Crippen molar-refractivity contribution < 1.29 is 23.8 Å². The standard InChI is InChI=1S/C35H45N3O5/c1-5-6-18-41-19-16-27-13-10-14-29(20-27)21-30-22-32(24-36-23-30)38(33(39)42-26-28-11-8-7-9-12-28)25-31-15-17-37(31)34(40)43-35(2,3)4/h7-14,20,22-24,31H,5-6,15-19,21,25-26H2,1-4H3/t31-/m0/s1. The molecule has 1 aromatic heterocycles. The molecule has 0 spiro atoms. The Labute approximate surface area is 256 Å². The monoisotopic (exact) mass is 587 g/mol. The zero-order chi connectivity index (χ0) is 30.7. The summed E-state index contributed by atoms with van der Waals surface area (Å²) in [6.07, 6.45) is 7.17. The summed E-state index contributed by atoms with van der Waals surface area (Å²) in [5, 5.41) is 0. The molecular weight excluding hydrogens is 542 g/mol. The highest BCUT2D eigenvalue weighted by Gasteiger charge is 2.38. The van der Waals surface area contributed by atoms with E-state index in [0.717, 1.165) is 43.4 Å². The van der Waals surface area contributed by atoms with Gasteiger partial charge in [0.2, 0.25) is 0 Å². The van der Waals surface area contributed by atoms with Gasteiger partial charge in [-0.3, -0.25) is 9.88 Å². The van der Waals surface area contributed by atoms with Crippen molar-refractivity contribution in [2.24, 2.45) is 0 Å². The zero-order valence-corrected chi connectivity index (χ0v) is 26.0. The van der Waals surface area contributed by atoms with E-state index >= 15 is 0 Å². The summed E-state index contributed by atoms with van der Waals surface area (Å²) in [4.78, 5) is 34.1. The third-order valence-electron chi connectivity index (χ3n) is 7.26. The number of hydrogen-bond acceptors (Lipinski definition) is 6. The van der Waals surface area contributed by atoms with Crippen molar-refractivity contribution in [3.8, 4) is 0 Å². The fraction of sp³-hybridized carbons (Fsp3) is 0.457. The van der Waals surface area contributed by atoms with Gasteiger partial charge >= 0.3 is 12.2 Å². The lowest BCUT2D eigenvalue weighted by Gasteiger charge is -2.43. The summed E-state index contributed by atoms with van der Waals surface area (Å²) < 4.78 is 17.1. The Morgan fingerprint density at radius 3 is 2.44 bits per heavy atom. The highest BCUT2D eigenvalue weighted by molar-refractivity contribution is 5.87. The minimum Gasteiger partial charge on any atom is -0.444 e. The fourth-order valence-corrected chi connectivity index (χ4v) is 4.87. The van der Waals surface area contributed by atoms with Crippen LogP contribution in [0.5, 0.6) is 0 Å². The highest BCUT2D eigenvalue weighted by atomic mass is 16.6. The number of rotatable bonds is 13. The Balaban J connectivity index is 1.47. The van der Waals surface area contributed by atoms with E-state index in [1.54, 1.807) is 16.0 Å². The summed E-state index contributed by atoms with van der Waals surface area (Å²) in [6.45, 7) is 10.2. The third-order valence-corrected chi connectivity index (χ3v) is 7.26. The quantitative estimate of drug-likeness (QED) is 0.197. The largest absolute Gasteiger partial charge is 0.444 e. The number of likely N-dealkylation sites (tertiary alicyclic amines) is 1. The number of amides is 2. The van der Waals surface area contributed by atoms with E-state index in [1.165, 1.54) is 11.1 Å². The Morgan fingerprint density at radius 1 is 0.953 bits per heavy atom. The van der Waals surface area contributed by atoms with Gasteiger partial charge in [-0.2, -0.15) is 0 Å². The van der Waals surface area contributed by atoms with Gasteiger partial charge < -0.3 is 19.1 Å². The molecule has 0 aliphatic carbocycles. The van der Waals surface area contributed by atoms with Gasteiger partial charge in [0.1, 0.15) is 12.2 Å². The smallest absolute Gasteiger partial charge is 0.414 e. The summed E-state index contributed by atoms with van der Waals surface area (Å²) in [7, 11) is 0. The first-order valence-corrected chi connectivity index (χ1v) is 15.3. The number of carbonyl (C=O) groups excluding carboxylic acids is 2. The molecule has 2 aromatic carbocycles. The molecule has 3 aromatic rings. The van der Waals surface area contributed by atoms with Crippen molar-refractivity contribution >= 4 is 17.9 Å². The van der Waals surface area contributed by atoms with Gasteiger partial charge in [-0.1, -0.05) is 67.9 Å². The molecule has 1 saturated heterocycles. The van der Waals surface area contributed by atoms with E-state index in [9.17, 15) is 9.59 Å². The van der Waals surface area contributed by atoms with Gasteiger partial charge in [-0.15, -0.1) is 0 Å². The summed E-state index contributed by atoms with van der Waals surface area (Å²) in [5.41, 5.74) is 4.31. The lowest BCUT2D eigenvalue weighted by Crippen LogP contribution is -2.57. The molecule has 2 heterocycles. The van der Waals surface area contributed by atoms with Gasteiger partial charge in [0.25, 0.3) is 0 Å². The second-order valence-electron chi connectivity index (χ2n) is 12.0. The topological polar surface area (TPSA) is 81.2 Å². The molecule has 8 heteroatoms. The molecule has 0 saturated carbocycles. The molecule has 0 N–H and O–H groups in total. The van der Waals surface area contributed by atoms with E-state index in [-0.39, 0.29) is 25.3 Å². The Kier molecular flexibility index (Phi) is 11.6. The van der Waals surface area contributed by atoms with Crippen LogP contribution in [0.4, 0.5) is 15.3 Å². The number of nitrogens with zero attached hydrogens (tertiary/aromatic N) is 3. The first kappa shape index (κ1) is 32.0. The van der Waals surface area contributed by atoms with Crippen LogP contribution in [0.25, 0.3) is 0 Å². The maximum absolute atomic E-state index is 13.5. The minimum atomic E-state index is -0.594. The molecular formula is C35H45N3O5. The molecule has 1 fully saturated rings. The van der Waals surface area contributed by atoms with Crippen LogP contribution < -0.4 is 4.90 Å². The van der Waals surface area contributed by atoms with E-state index in [0.29, 0.717) is 25.3 Å². The Morgan fingerprint density at radius 2 is 1.72 bits per heavy atom. The number of benzene rings is 2. The van der Waals surface area contributed by atoms with Crippen molar-refractivity contribution in [1.29, 1.82) is 0 Å². The molecule has 1 aliphatic heterocycles. The van der Waals surface area contributed by atoms with Crippen molar-refractivity contribution in [3.05, 3.63) is 95.3 Å².